The predicted molar refractivity (Wildman–Crippen MR) is 64.7 cm³/mol. The zero-order valence-electron chi connectivity index (χ0n) is 10.0. The van der Waals surface area contributed by atoms with Crippen molar-refractivity contribution in [2.24, 2.45) is 5.92 Å². The van der Waals surface area contributed by atoms with Gasteiger partial charge in [0.1, 0.15) is 0 Å². The zero-order valence-corrected chi connectivity index (χ0v) is 10.0. The first kappa shape index (κ1) is 12.2. The molecule has 0 aliphatic carbocycles. The summed E-state index contributed by atoms with van der Waals surface area (Å²) in [7, 11) is 0. The molecule has 0 aliphatic rings. The molecule has 0 spiro atoms. The van der Waals surface area contributed by atoms with Crippen LogP contribution >= 0.6 is 0 Å². The van der Waals surface area contributed by atoms with E-state index < -0.39 is 0 Å². The summed E-state index contributed by atoms with van der Waals surface area (Å²) in [6.07, 6.45) is 6.17. The summed E-state index contributed by atoms with van der Waals surface area (Å²) >= 11 is 0. The molecule has 0 saturated heterocycles. The molecule has 0 saturated carbocycles. The van der Waals surface area contributed by atoms with E-state index in [1.165, 1.54) is 18.4 Å². The van der Waals surface area contributed by atoms with Crippen LogP contribution in [0.1, 0.15) is 45.2 Å². The highest BCUT2D eigenvalue weighted by Gasteiger charge is 2.16. The van der Waals surface area contributed by atoms with Gasteiger partial charge in [0.2, 0.25) is 0 Å². The van der Waals surface area contributed by atoms with Gasteiger partial charge in [0.25, 0.3) is 0 Å². The molecule has 1 N–H and O–H groups in total. The fourth-order valence-corrected chi connectivity index (χ4v) is 1.74. The van der Waals surface area contributed by atoms with Gasteiger partial charge in [0.15, 0.2) is 0 Å². The van der Waals surface area contributed by atoms with E-state index in [1.807, 2.05) is 18.5 Å². The van der Waals surface area contributed by atoms with Crippen LogP contribution in [-0.4, -0.2) is 11.5 Å². The third-order valence-corrected chi connectivity index (χ3v) is 2.87. The smallest absolute Gasteiger partial charge is 0.0361 e. The SMILES string of the molecule is CCCNC(c1cccnc1)C(C)CC. The summed E-state index contributed by atoms with van der Waals surface area (Å²) in [5.74, 6) is 0.653. The van der Waals surface area contributed by atoms with Crippen LogP contribution in [0.4, 0.5) is 0 Å². The maximum absolute atomic E-state index is 4.19. The Morgan fingerprint density at radius 2 is 2.20 bits per heavy atom. The van der Waals surface area contributed by atoms with Crippen molar-refractivity contribution in [1.29, 1.82) is 0 Å². The number of nitrogens with zero attached hydrogens (tertiary/aromatic N) is 1. The molecule has 0 aliphatic heterocycles. The minimum absolute atomic E-state index is 0.448. The lowest BCUT2D eigenvalue weighted by atomic mass is 9.93. The molecule has 2 atom stereocenters. The first-order valence-corrected chi connectivity index (χ1v) is 5.92. The van der Waals surface area contributed by atoms with Gasteiger partial charge in [-0.25, -0.2) is 0 Å². The fraction of sp³-hybridized carbons (Fsp3) is 0.615. The van der Waals surface area contributed by atoms with Crippen molar-refractivity contribution in [3.8, 4) is 0 Å². The second-order valence-corrected chi connectivity index (χ2v) is 4.10. The molecule has 0 bridgehead atoms. The summed E-state index contributed by atoms with van der Waals surface area (Å²) in [5, 5.41) is 3.60. The number of pyridine rings is 1. The molecule has 0 fully saturated rings. The van der Waals surface area contributed by atoms with Crippen molar-refractivity contribution in [2.45, 2.75) is 39.7 Å². The second kappa shape index (κ2) is 6.57. The van der Waals surface area contributed by atoms with Gasteiger partial charge >= 0.3 is 0 Å². The standard InChI is InChI=1S/C13H22N2/c1-4-8-15-13(11(3)5-2)12-7-6-9-14-10-12/h6-7,9-11,13,15H,4-5,8H2,1-3H3. The lowest BCUT2D eigenvalue weighted by Gasteiger charge is -2.24. The monoisotopic (exact) mass is 206 g/mol. The van der Waals surface area contributed by atoms with Gasteiger partial charge in [0, 0.05) is 18.4 Å². The summed E-state index contributed by atoms with van der Waals surface area (Å²) in [6.45, 7) is 7.80. The van der Waals surface area contributed by atoms with Gasteiger partial charge in [-0.15, -0.1) is 0 Å². The van der Waals surface area contributed by atoms with E-state index in [1.54, 1.807) is 0 Å². The number of hydrogen-bond donors (Lipinski definition) is 1. The highest BCUT2D eigenvalue weighted by molar-refractivity contribution is 5.14. The number of hydrogen-bond acceptors (Lipinski definition) is 2. The van der Waals surface area contributed by atoms with Gasteiger partial charge in [-0.1, -0.05) is 33.3 Å². The molecular weight excluding hydrogens is 184 g/mol. The molecule has 1 aromatic heterocycles. The molecule has 1 heterocycles. The Morgan fingerprint density at radius 3 is 2.73 bits per heavy atom. The van der Waals surface area contributed by atoms with Crippen LogP contribution in [0.2, 0.25) is 0 Å². The highest BCUT2D eigenvalue weighted by Crippen LogP contribution is 2.23. The van der Waals surface area contributed by atoms with Crippen molar-refractivity contribution in [3.63, 3.8) is 0 Å². The Kier molecular flexibility index (Phi) is 5.33. The van der Waals surface area contributed by atoms with Crippen molar-refractivity contribution < 1.29 is 0 Å². The van der Waals surface area contributed by atoms with Crippen LogP contribution in [0, 0.1) is 5.92 Å². The quantitative estimate of drug-likeness (QED) is 0.773. The first-order valence-electron chi connectivity index (χ1n) is 5.92. The minimum atomic E-state index is 0.448. The normalized spacial score (nSPS) is 14.9. The molecule has 0 amide bonds. The van der Waals surface area contributed by atoms with E-state index in [0.29, 0.717) is 12.0 Å². The Labute approximate surface area is 93.1 Å². The Morgan fingerprint density at radius 1 is 1.40 bits per heavy atom. The maximum Gasteiger partial charge on any atom is 0.0361 e. The van der Waals surface area contributed by atoms with Crippen molar-refractivity contribution in [2.75, 3.05) is 6.54 Å². The lowest BCUT2D eigenvalue weighted by molar-refractivity contribution is 0.376. The molecule has 2 heteroatoms. The van der Waals surface area contributed by atoms with Crippen LogP contribution in [0.15, 0.2) is 24.5 Å². The van der Waals surface area contributed by atoms with Crippen LogP contribution in [-0.2, 0) is 0 Å². The largest absolute Gasteiger partial charge is 0.310 e. The fourth-order valence-electron chi connectivity index (χ4n) is 1.74. The second-order valence-electron chi connectivity index (χ2n) is 4.10. The van der Waals surface area contributed by atoms with Gasteiger partial charge in [-0.05, 0) is 30.5 Å². The molecule has 15 heavy (non-hydrogen) atoms. The van der Waals surface area contributed by atoms with Crippen molar-refractivity contribution in [3.05, 3.63) is 30.1 Å². The van der Waals surface area contributed by atoms with Gasteiger partial charge < -0.3 is 5.32 Å². The number of aromatic nitrogens is 1. The zero-order chi connectivity index (χ0) is 11.1. The Hall–Kier alpha value is -0.890. The van der Waals surface area contributed by atoms with E-state index in [2.05, 4.69) is 37.1 Å². The Balaban J connectivity index is 2.72. The van der Waals surface area contributed by atoms with Crippen molar-refractivity contribution in [1.82, 2.24) is 10.3 Å². The van der Waals surface area contributed by atoms with E-state index in [9.17, 15) is 0 Å². The lowest BCUT2D eigenvalue weighted by Crippen LogP contribution is -2.27. The van der Waals surface area contributed by atoms with Gasteiger partial charge in [-0.2, -0.15) is 0 Å². The average molecular weight is 206 g/mol. The van der Waals surface area contributed by atoms with Crippen LogP contribution in [0.5, 0.6) is 0 Å². The molecule has 2 nitrogen and oxygen atoms in total. The maximum atomic E-state index is 4.19. The molecule has 1 rings (SSSR count). The van der Waals surface area contributed by atoms with Gasteiger partial charge in [0.05, 0.1) is 0 Å². The highest BCUT2D eigenvalue weighted by atomic mass is 14.9. The minimum Gasteiger partial charge on any atom is -0.310 e. The third-order valence-electron chi connectivity index (χ3n) is 2.87. The summed E-state index contributed by atoms with van der Waals surface area (Å²) < 4.78 is 0. The first-order chi connectivity index (χ1) is 7.29. The van der Waals surface area contributed by atoms with Gasteiger partial charge in [-0.3, -0.25) is 4.98 Å². The van der Waals surface area contributed by atoms with Crippen LogP contribution in [0.25, 0.3) is 0 Å². The molecule has 84 valence electrons. The molecular formula is C13H22N2. The number of nitrogens with one attached hydrogen (secondary N) is 1. The topological polar surface area (TPSA) is 24.9 Å². The molecule has 0 radical (unpaired) electrons. The van der Waals surface area contributed by atoms with E-state index in [0.717, 1.165) is 6.54 Å². The molecule has 2 unspecified atom stereocenters. The summed E-state index contributed by atoms with van der Waals surface area (Å²) in [4.78, 5) is 4.19. The summed E-state index contributed by atoms with van der Waals surface area (Å²) in [6, 6.07) is 4.62. The van der Waals surface area contributed by atoms with Crippen molar-refractivity contribution >= 4 is 0 Å². The molecule has 1 aromatic rings. The average Bonchev–Trinajstić information content (AvgIpc) is 2.30. The van der Waals surface area contributed by atoms with E-state index in [4.69, 9.17) is 0 Å². The third kappa shape index (κ3) is 3.63. The van der Waals surface area contributed by atoms with Crippen LogP contribution in [0.3, 0.4) is 0 Å². The summed E-state index contributed by atoms with van der Waals surface area (Å²) in [5.41, 5.74) is 1.31. The van der Waals surface area contributed by atoms with Crippen LogP contribution < -0.4 is 5.32 Å². The van der Waals surface area contributed by atoms with E-state index >= 15 is 0 Å². The molecule has 0 aromatic carbocycles. The van der Waals surface area contributed by atoms with E-state index in [-0.39, 0.29) is 0 Å². The Bertz CT molecular complexity index is 258. The number of rotatable bonds is 6. The predicted octanol–water partition coefficient (Wildman–Crippen LogP) is 3.17.